The summed E-state index contributed by atoms with van der Waals surface area (Å²) in [5.41, 5.74) is 2.49. The van der Waals surface area contributed by atoms with Crippen molar-refractivity contribution in [3.05, 3.63) is 36.0 Å². The molecule has 3 aromatic rings. The number of aromatic nitrogens is 4. The zero-order valence-electron chi connectivity index (χ0n) is 20.6. The molecule has 0 atom stereocenters. The maximum atomic E-state index is 11.9. The highest BCUT2D eigenvalue weighted by atomic mass is 16.5. The summed E-state index contributed by atoms with van der Waals surface area (Å²) in [4.78, 5) is 37.4. The molecular weight excluding hydrogens is 464 g/mol. The van der Waals surface area contributed by atoms with E-state index >= 15 is 0 Å². The molecule has 0 radical (unpaired) electrons. The molecule has 0 unspecified atom stereocenters. The smallest absolute Gasteiger partial charge is 0.409 e. The molecule has 11 heteroatoms. The Morgan fingerprint density at radius 3 is 2.39 bits per heavy atom. The molecule has 0 N–H and O–H groups in total. The Hall–Kier alpha value is -3.73. The van der Waals surface area contributed by atoms with E-state index in [9.17, 15) is 9.59 Å². The standard InChI is InChI=1S/C25H30N6O5/c1-34-21(32)15-17-3-5-18(6-4-17)22-27-23(29-11-13-36-14-12-29)20-16-26-31(24(20)28-22)19-7-9-30(10-8-19)25(33)35-2/h3-6,16,19H,7-15H2,1-2H3. The maximum absolute atomic E-state index is 11.9. The second kappa shape index (κ2) is 10.5. The number of morpholine rings is 1. The number of likely N-dealkylation sites (tertiary alicyclic amines) is 1. The van der Waals surface area contributed by atoms with E-state index in [4.69, 9.17) is 29.3 Å². The van der Waals surface area contributed by atoms with Gasteiger partial charge < -0.3 is 24.0 Å². The molecule has 2 aliphatic rings. The molecule has 1 amide bonds. The van der Waals surface area contributed by atoms with Gasteiger partial charge in [0.1, 0.15) is 5.82 Å². The monoisotopic (exact) mass is 494 g/mol. The molecule has 11 nitrogen and oxygen atoms in total. The molecule has 36 heavy (non-hydrogen) atoms. The van der Waals surface area contributed by atoms with Crippen molar-refractivity contribution in [3.63, 3.8) is 0 Å². The van der Waals surface area contributed by atoms with Crippen LogP contribution in [-0.2, 0) is 25.4 Å². The van der Waals surface area contributed by atoms with Crippen LogP contribution in [0.1, 0.15) is 24.4 Å². The number of fused-ring (bicyclic) bond motifs is 1. The number of nitrogens with zero attached hydrogens (tertiary/aromatic N) is 6. The van der Waals surface area contributed by atoms with Gasteiger partial charge in [-0.15, -0.1) is 0 Å². The van der Waals surface area contributed by atoms with Crippen LogP contribution in [0.15, 0.2) is 30.5 Å². The molecular formula is C25H30N6O5. The second-order valence-electron chi connectivity index (χ2n) is 8.93. The highest BCUT2D eigenvalue weighted by Gasteiger charge is 2.28. The van der Waals surface area contributed by atoms with E-state index in [1.54, 1.807) is 4.90 Å². The lowest BCUT2D eigenvalue weighted by atomic mass is 10.1. The third-order valence-electron chi connectivity index (χ3n) is 6.78. The Balaban J connectivity index is 1.50. The van der Waals surface area contributed by atoms with Gasteiger partial charge in [-0.25, -0.2) is 19.4 Å². The van der Waals surface area contributed by atoms with Crippen molar-refractivity contribution >= 4 is 28.9 Å². The van der Waals surface area contributed by atoms with Gasteiger partial charge in [-0.2, -0.15) is 5.10 Å². The van der Waals surface area contributed by atoms with Crippen molar-refractivity contribution in [2.24, 2.45) is 0 Å². The lowest BCUT2D eigenvalue weighted by Crippen LogP contribution is -2.39. The van der Waals surface area contributed by atoms with Crippen LogP contribution in [0.25, 0.3) is 22.4 Å². The lowest BCUT2D eigenvalue weighted by molar-refractivity contribution is -0.139. The highest BCUT2D eigenvalue weighted by Crippen LogP contribution is 2.32. The first-order valence-corrected chi connectivity index (χ1v) is 12.1. The SMILES string of the molecule is COC(=O)Cc1ccc(-c2nc(N3CCOCC3)c3cnn(C4CCN(C(=O)OC)CC4)c3n2)cc1. The summed E-state index contributed by atoms with van der Waals surface area (Å²) in [6, 6.07) is 7.77. The number of carbonyl (C=O) groups excluding carboxylic acids is 2. The third kappa shape index (κ3) is 4.83. The summed E-state index contributed by atoms with van der Waals surface area (Å²) < 4.78 is 17.2. The average molecular weight is 495 g/mol. The predicted octanol–water partition coefficient (Wildman–Crippen LogP) is 2.45. The number of rotatable bonds is 5. The van der Waals surface area contributed by atoms with Gasteiger partial charge in [-0.05, 0) is 18.4 Å². The van der Waals surface area contributed by atoms with Crippen molar-refractivity contribution in [2.45, 2.75) is 25.3 Å². The number of esters is 1. The van der Waals surface area contributed by atoms with E-state index in [0.29, 0.717) is 32.1 Å². The number of hydrogen-bond donors (Lipinski definition) is 0. The first-order chi connectivity index (χ1) is 17.6. The molecule has 190 valence electrons. The molecule has 2 aliphatic heterocycles. The molecule has 1 aromatic carbocycles. The zero-order valence-corrected chi connectivity index (χ0v) is 20.6. The van der Waals surface area contributed by atoms with E-state index in [0.717, 1.165) is 53.9 Å². The number of methoxy groups -OCH3 is 2. The molecule has 0 bridgehead atoms. The Bertz CT molecular complexity index is 1230. The minimum Gasteiger partial charge on any atom is -0.469 e. The fraction of sp³-hybridized carbons (Fsp3) is 0.480. The number of benzene rings is 1. The quantitative estimate of drug-likeness (QED) is 0.494. The lowest BCUT2D eigenvalue weighted by Gasteiger charge is -2.31. The van der Waals surface area contributed by atoms with Crippen LogP contribution in [0.2, 0.25) is 0 Å². The van der Waals surface area contributed by atoms with Gasteiger partial charge in [0, 0.05) is 31.7 Å². The first-order valence-electron chi connectivity index (χ1n) is 12.1. The Morgan fingerprint density at radius 1 is 1.00 bits per heavy atom. The molecule has 5 rings (SSSR count). The van der Waals surface area contributed by atoms with Crippen molar-refractivity contribution in [1.82, 2.24) is 24.6 Å². The zero-order chi connectivity index (χ0) is 25.1. The van der Waals surface area contributed by atoms with E-state index in [1.165, 1.54) is 14.2 Å². The van der Waals surface area contributed by atoms with Gasteiger partial charge in [0.15, 0.2) is 11.5 Å². The highest BCUT2D eigenvalue weighted by molar-refractivity contribution is 5.89. The van der Waals surface area contributed by atoms with Crippen LogP contribution in [0.5, 0.6) is 0 Å². The van der Waals surface area contributed by atoms with Gasteiger partial charge >= 0.3 is 12.1 Å². The van der Waals surface area contributed by atoms with Gasteiger partial charge in [-0.1, -0.05) is 24.3 Å². The minimum atomic E-state index is -0.298. The van der Waals surface area contributed by atoms with E-state index in [-0.39, 0.29) is 24.5 Å². The summed E-state index contributed by atoms with van der Waals surface area (Å²) in [6.07, 6.45) is 3.29. The molecule has 0 spiro atoms. The van der Waals surface area contributed by atoms with Gasteiger partial charge in [0.2, 0.25) is 0 Å². The molecule has 2 aromatic heterocycles. The van der Waals surface area contributed by atoms with Crippen molar-refractivity contribution in [2.75, 3.05) is 58.5 Å². The third-order valence-corrected chi connectivity index (χ3v) is 6.78. The van der Waals surface area contributed by atoms with Crippen LogP contribution >= 0.6 is 0 Å². The largest absolute Gasteiger partial charge is 0.469 e. The van der Waals surface area contributed by atoms with Crippen molar-refractivity contribution in [3.8, 4) is 11.4 Å². The van der Waals surface area contributed by atoms with Crippen molar-refractivity contribution in [1.29, 1.82) is 0 Å². The van der Waals surface area contributed by atoms with Gasteiger partial charge in [-0.3, -0.25) is 4.79 Å². The molecule has 0 aliphatic carbocycles. The Labute approximate surface area is 208 Å². The van der Waals surface area contributed by atoms with Crippen LogP contribution in [0, 0.1) is 0 Å². The summed E-state index contributed by atoms with van der Waals surface area (Å²) in [5, 5.41) is 5.63. The number of carbonyl (C=O) groups is 2. The summed E-state index contributed by atoms with van der Waals surface area (Å²) in [5.74, 6) is 1.16. The fourth-order valence-electron chi connectivity index (χ4n) is 4.76. The topological polar surface area (TPSA) is 112 Å². The van der Waals surface area contributed by atoms with Crippen LogP contribution < -0.4 is 4.90 Å². The molecule has 4 heterocycles. The summed E-state index contributed by atoms with van der Waals surface area (Å²) >= 11 is 0. The fourth-order valence-corrected chi connectivity index (χ4v) is 4.76. The number of amides is 1. The number of anilines is 1. The maximum Gasteiger partial charge on any atom is 0.409 e. The predicted molar refractivity (Wildman–Crippen MR) is 132 cm³/mol. The van der Waals surface area contributed by atoms with Gasteiger partial charge in [0.05, 0.1) is 51.5 Å². The van der Waals surface area contributed by atoms with E-state index < -0.39 is 0 Å². The van der Waals surface area contributed by atoms with E-state index in [1.807, 2.05) is 35.1 Å². The van der Waals surface area contributed by atoms with Gasteiger partial charge in [0.25, 0.3) is 0 Å². The normalized spacial score (nSPS) is 16.8. The first kappa shape index (κ1) is 24.0. The molecule has 2 fully saturated rings. The number of ether oxygens (including phenoxy) is 3. The van der Waals surface area contributed by atoms with Crippen LogP contribution in [0.4, 0.5) is 10.6 Å². The Morgan fingerprint density at radius 2 is 1.72 bits per heavy atom. The van der Waals surface area contributed by atoms with E-state index in [2.05, 4.69) is 4.90 Å². The number of hydrogen-bond acceptors (Lipinski definition) is 9. The van der Waals surface area contributed by atoms with Crippen LogP contribution in [0.3, 0.4) is 0 Å². The molecule has 0 saturated carbocycles. The average Bonchev–Trinajstić information content (AvgIpc) is 3.37. The Kier molecular flexibility index (Phi) is 6.99. The number of piperidine rings is 1. The second-order valence-corrected chi connectivity index (χ2v) is 8.93. The minimum absolute atomic E-state index is 0.117. The summed E-state index contributed by atoms with van der Waals surface area (Å²) in [6.45, 7) is 3.98. The summed E-state index contributed by atoms with van der Waals surface area (Å²) in [7, 11) is 2.79. The molecule has 2 saturated heterocycles. The van der Waals surface area contributed by atoms with Crippen molar-refractivity contribution < 1.29 is 23.8 Å². The van der Waals surface area contributed by atoms with Crippen LogP contribution in [-0.4, -0.2) is 90.3 Å².